The number of carbonyl (C=O) groups is 2. The van der Waals surface area contributed by atoms with E-state index in [1.807, 2.05) is 24.3 Å². The lowest BCUT2D eigenvalue weighted by Crippen LogP contribution is -2.37. The Bertz CT molecular complexity index is 692. The van der Waals surface area contributed by atoms with Crippen LogP contribution in [0.2, 0.25) is 0 Å². The van der Waals surface area contributed by atoms with Crippen LogP contribution in [-0.4, -0.2) is 36.6 Å². The maximum absolute atomic E-state index is 12.0. The van der Waals surface area contributed by atoms with Crippen molar-refractivity contribution in [1.29, 1.82) is 0 Å². The average Bonchev–Trinajstić information content (AvgIpc) is 3.30. The fourth-order valence-electron chi connectivity index (χ4n) is 2.73. The molecule has 0 aromatic heterocycles. The molecule has 6 nitrogen and oxygen atoms in total. The Balaban J connectivity index is 1.62. The molecule has 1 aliphatic carbocycles. The molecule has 0 spiro atoms. The van der Waals surface area contributed by atoms with Crippen LogP contribution in [0, 0.1) is 6.57 Å². The van der Waals surface area contributed by atoms with Crippen LogP contribution in [0.15, 0.2) is 24.3 Å². The number of nitrogens with one attached hydrogen (secondary N) is 1. The number of cyclic esters (lactones) is 1. The molecule has 0 radical (unpaired) electrons. The zero-order valence-corrected chi connectivity index (χ0v) is 14.0. The number of halogens is 1. The van der Waals surface area contributed by atoms with Crippen LogP contribution in [0.3, 0.4) is 0 Å². The highest BCUT2D eigenvalue weighted by molar-refractivity contribution is 6.30. The van der Waals surface area contributed by atoms with E-state index in [0.29, 0.717) is 6.54 Å². The van der Waals surface area contributed by atoms with Crippen LogP contribution < -0.4 is 10.2 Å². The van der Waals surface area contributed by atoms with Gasteiger partial charge in [0.25, 0.3) is 5.54 Å². The van der Waals surface area contributed by atoms with Crippen molar-refractivity contribution in [2.24, 2.45) is 0 Å². The highest BCUT2D eigenvalue weighted by Gasteiger charge is 2.52. The molecule has 7 heteroatoms. The minimum Gasteiger partial charge on any atom is -0.442 e. The molecule has 0 unspecified atom stereocenters. The number of hydrogen-bond donors (Lipinski definition) is 1. The van der Waals surface area contributed by atoms with Crippen LogP contribution in [0.25, 0.3) is 4.85 Å². The third-order valence-electron chi connectivity index (χ3n) is 4.39. The Hall–Kier alpha value is -2.26. The van der Waals surface area contributed by atoms with E-state index in [1.165, 1.54) is 4.90 Å². The van der Waals surface area contributed by atoms with Gasteiger partial charge in [-0.2, -0.15) is 0 Å². The van der Waals surface area contributed by atoms with Gasteiger partial charge in [0.2, 0.25) is 5.91 Å². The first-order valence-electron chi connectivity index (χ1n) is 7.84. The molecule has 1 aromatic carbocycles. The summed E-state index contributed by atoms with van der Waals surface area (Å²) in [5, 5.41) is 2.03. The summed E-state index contributed by atoms with van der Waals surface area (Å²) < 4.78 is 5.27. The molecule has 1 aromatic rings. The number of alkyl halides is 1. The lowest BCUT2D eigenvalue weighted by molar-refractivity contribution is -0.120. The number of hydrogen-bond acceptors (Lipinski definition) is 3. The molecule has 1 saturated carbocycles. The van der Waals surface area contributed by atoms with Crippen LogP contribution >= 0.6 is 11.6 Å². The van der Waals surface area contributed by atoms with Crippen molar-refractivity contribution >= 4 is 29.3 Å². The molecule has 24 heavy (non-hydrogen) atoms. The summed E-state index contributed by atoms with van der Waals surface area (Å²) in [5.74, 6) is -0.288. The maximum atomic E-state index is 12.0. The molecule has 1 N–H and O–H groups in total. The highest BCUT2D eigenvalue weighted by Crippen LogP contribution is 2.49. The van der Waals surface area contributed by atoms with Gasteiger partial charge in [0.05, 0.1) is 13.1 Å². The highest BCUT2D eigenvalue weighted by atomic mass is 35.5. The van der Waals surface area contributed by atoms with Gasteiger partial charge in [-0.3, -0.25) is 9.69 Å². The number of benzene rings is 1. The fraction of sp³-hybridized carbons (Fsp3) is 0.471. The Morgan fingerprint density at radius 1 is 1.50 bits per heavy atom. The molecule has 126 valence electrons. The molecular formula is C17H18ClN3O3. The standard InChI is InChI=1S/C17H18ClN3O3/c1-11(18)15(22)20-9-14-10-21(16(23)24-14)13-5-3-12(4-6-13)17(19-2)7-8-17/h3-6,11,14H,7-10H2,1H3,(H,20,22)/t11-,14+/m1/s1. The minimum absolute atomic E-state index is 0.233. The average molecular weight is 348 g/mol. The Kier molecular flexibility index (Phi) is 4.37. The van der Waals surface area contributed by atoms with E-state index < -0.39 is 17.6 Å². The maximum Gasteiger partial charge on any atom is 0.414 e. The van der Waals surface area contributed by atoms with E-state index in [9.17, 15) is 9.59 Å². The van der Waals surface area contributed by atoms with Gasteiger partial charge in [-0.05, 0) is 31.2 Å². The van der Waals surface area contributed by atoms with Gasteiger partial charge in [-0.1, -0.05) is 0 Å². The van der Waals surface area contributed by atoms with Crippen molar-refractivity contribution in [1.82, 2.24) is 5.32 Å². The summed E-state index contributed by atoms with van der Waals surface area (Å²) in [6.45, 7) is 9.47. The zero-order chi connectivity index (χ0) is 17.3. The van der Waals surface area contributed by atoms with Crippen LogP contribution in [0.1, 0.15) is 25.3 Å². The number of amides is 2. The monoisotopic (exact) mass is 347 g/mol. The molecule has 1 saturated heterocycles. The van der Waals surface area contributed by atoms with Gasteiger partial charge in [-0.25, -0.2) is 11.4 Å². The number of anilines is 1. The SMILES string of the molecule is [C-]#[N+]C1(c2ccc(N3C[C@H](CNC(=O)[C@@H](C)Cl)OC3=O)cc2)CC1. The van der Waals surface area contributed by atoms with Crippen molar-refractivity contribution in [3.8, 4) is 0 Å². The molecule has 2 atom stereocenters. The predicted molar refractivity (Wildman–Crippen MR) is 89.9 cm³/mol. The fourth-order valence-corrected chi connectivity index (χ4v) is 2.81. The second-order valence-electron chi connectivity index (χ2n) is 6.17. The largest absolute Gasteiger partial charge is 0.442 e. The summed E-state index contributed by atoms with van der Waals surface area (Å²) in [5.41, 5.74) is 1.37. The number of nitrogens with zero attached hydrogens (tertiary/aromatic N) is 2. The van der Waals surface area contributed by atoms with Crippen molar-refractivity contribution < 1.29 is 14.3 Å². The summed E-state index contributed by atoms with van der Waals surface area (Å²) in [6.07, 6.45) is 0.937. The van der Waals surface area contributed by atoms with E-state index in [1.54, 1.807) is 6.92 Å². The predicted octanol–water partition coefficient (Wildman–Crippen LogP) is 2.66. The molecular weight excluding hydrogens is 330 g/mol. The number of rotatable bonds is 5. The molecule has 2 aliphatic rings. The topological polar surface area (TPSA) is 63.0 Å². The van der Waals surface area contributed by atoms with Gasteiger partial charge in [0.1, 0.15) is 11.5 Å². The van der Waals surface area contributed by atoms with E-state index >= 15 is 0 Å². The molecule has 1 aliphatic heterocycles. The molecule has 2 amide bonds. The van der Waals surface area contributed by atoms with Crippen LogP contribution in [0.4, 0.5) is 10.5 Å². The smallest absolute Gasteiger partial charge is 0.414 e. The van der Waals surface area contributed by atoms with Crippen molar-refractivity contribution in [2.75, 3.05) is 18.0 Å². The van der Waals surface area contributed by atoms with Crippen LogP contribution in [0.5, 0.6) is 0 Å². The Labute approximate surface area is 145 Å². The van der Waals surface area contributed by atoms with Gasteiger partial charge >= 0.3 is 6.09 Å². The summed E-state index contributed by atoms with van der Waals surface area (Å²) in [7, 11) is 0. The van der Waals surface area contributed by atoms with Crippen LogP contribution in [-0.2, 0) is 15.1 Å². The Morgan fingerprint density at radius 3 is 2.71 bits per heavy atom. The number of ether oxygens (including phenoxy) is 1. The summed E-state index contributed by atoms with van der Waals surface area (Å²) in [6, 6.07) is 7.48. The van der Waals surface area contributed by atoms with E-state index in [2.05, 4.69) is 10.2 Å². The van der Waals surface area contributed by atoms with Gasteiger partial charge < -0.3 is 14.9 Å². The minimum atomic E-state index is -0.622. The van der Waals surface area contributed by atoms with Crippen molar-refractivity contribution in [2.45, 2.75) is 36.8 Å². The van der Waals surface area contributed by atoms with E-state index in [-0.39, 0.29) is 18.0 Å². The molecule has 3 rings (SSSR count). The quantitative estimate of drug-likeness (QED) is 0.658. The van der Waals surface area contributed by atoms with Gasteiger partial charge in [0.15, 0.2) is 0 Å². The van der Waals surface area contributed by atoms with Gasteiger partial charge in [0, 0.05) is 24.1 Å². The zero-order valence-electron chi connectivity index (χ0n) is 13.3. The first kappa shape index (κ1) is 16.6. The van der Waals surface area contributed by atoms with E-state index in [0.717, 1.165) is 24.1 Å². The number of carbonyl (C=O) groups excluding carboxylic acids is 2. The summed E-state index contributed by atoms with van der Waals surface area (Å²) in [4.78, 5) is 28.7. The normalized spacial score (nSPS) is 22.5. The lowest BCUT2D eigenvalue weighted by Gasteiger charge is -2.14. The van der Waals surface area contributed by atoms with Gasteiger partial charge in [-0.15, -0.1) is 11.6 Å². The molecule has 0 bridgehead atoms. The molecule has 2 fully saturated rings. The molecule has 1 heterocycles. The van der Waals surface area contributed by atoms with Crippen molar-refractivity contribution in [3.05, 3.63) is 41.2 Å². The van der Waals surface area contributed by atoms with Crippen molar-refractivity contribution in [3.63, 3.8) is 0 Å². The lowest BCUT2D eigenvalue weighted by atomic mass is 10.1. The third-order valence-corrected chi connectivity index (χ3v) is 4.59. The second kappa shape index (κ2) is 6.33. The first-order chi connectivity index (χ1) is 11.4. The Morgan fingerprint density at radius 2 is 2.17 bits per heavy atom. The third kappa shape index (κ3) is 3.17. The second-order valence-corrected chi connectivity index (χ2v) is 6.82. The first-order valence-corrected chi connectivity index (χ1v) is 8.28. The van der Waals surface area contributed by atoms with E-state index in [4.69, 9.17) is 22.9 Å². The summed E-state index contributed by atoms with van der Waals surface area (Å²) >= 11 is 5.68.